The second-order valence-corrected chi connectivity index (χ2v) is 8.93. The Morgan fingerprint density at radius 2 is 1.61 bits per heavy atom. The zero-order valence-corrected chi connectivity index (χ0v) is 18.1. The summed E-state index contributed by atoms with van der Waals surface area (Å²) < 4.78 is 20.6. The van der Waals surface area contributed by atoms with Gasteiger partial charge in [-0.05, 0) is 11.1 Å². The van der Waals surface area contributed by atoms with Gasteiger partial charge < -0.3 is 14.2 Å². The van der Waals surface area contributed by atoms with E-state index in [-0.39, 0.29) is 11.3 Å². The predicted octanol–water partition coefficient (Wildman–Crippen LogP) is 2.38. The molecule has 0 amide bonds. The Hall–Kier alpha value is -2.81. The molecule has 4 rings (SSSR count). The highest BCUT2D eigenvalue weighted by molar-refractivity contribution is 7.89. The maximum Gasteiger partial charge on any atom is 0.308 e. The van der Waals surface area contributed by atoms with Crippen molar-refractivity contribution in [1.82, 2.24) is 14.5 Å². The number of hydrogen-bond acceptors (Lipinski definition) is 6. The van der Waals surface area contributed by atoms with E-state index in [1.165, 1.54) is 5.56 Å². The van der Waals surface area contributed by atoms with Gasteiger partial charge in [0, 0.05) is 30.9 Å². The van der Waals surface area contributed by atoms with Crippen molar-refractivity contribution in [3.8, 4) is 5.75 Å². The van der Waals surface area contributed by atoms with Crippen molar-refractivity contribution in [2.75, 3.05) is 36.8 Å². The van der Waals surface area contributed by atoms with E-state index in [0.29, 0.717) is 44.2 Å². The molecule has 1 aliphatic rings. The fourth-order valence-corrected chi connectivity index (χ4v) is 4.82. The number of aromatic amines is 1. The highest BCUT2D eigenvalue weighted by Crippen LogP contribution is 2.25. The summed E-state index contributed by atoms with van der Waals surface area (Å²) in [6.45, 7) is 2.94. The maximum atomic E-state index is 12.7. The number of aryl methyl sites for hydroxylation is 1. The molecule has 8 heteroatoms. The van der Waals surface area contributed by atoms with Crippen molar-refractivity contribution in [2.24, 2.45) is 0 Å². The molecule has 1 N–H and O–H groups in total. The van der Waals surface area contributed by atoms with Crippen molar-refractivity contribution in [2.45, 2.75) is 13.0 Å². The van der Waals surface area contributed by atoms with Gasteiger partial charge >= 0.3 is 5.56 Å². The Morgan fingerprint density at radius 3 is 2.29 bits per heavy atom. The lowest BCUT2D eigenvalue weighted by Crippen LogP contribution is -2.49. The number of nitrogens with zero attached hydrogens (tertiary/aromatic N) is 3. The van der Waals surface area contributed by atoms with E-state index in [0.717, 1.165) is 12.0 Å². The molecule has 1 fully saturated rings. The average Bonchev–Trinajstić information content (AvgIpc) is 2.83. The van der Waals surface area contributed by atoms with E-state index in [1.807, 2.05) is 52.8 Å². The molecule has 0 saturated carbocycles. The lowest BCUT2D eigenvalue weighted by molar-refractivity contribution is 0.299. The average molecular weight is 439 g/mol. The van der Waals surface area contributed by atoms with E-state index in [4.69, 9.17) is 4.74 Å². The number of rotatable bonds is 8. The number of aromatic nitrogens is 2. The Bertz CT molecular complexity index is 1010. The van der Waals surface area contributed by atoms with Crippen LogP contribution in [0.1, 0.15) is 11.1 Å². The van der Waals surface area contributed by atoms with Gasteiger partial charge in [0.25, 0.3) is 0 Å². The van der Waals surface area contributed by atoms with Crippen LogP contribution in [0, 0.1) is 0 Å². The number of ether oxygens (including phenoxy) is 1. The molecule has 3 aromatic rings. The third-order valence-corrected chi connectivity index (χ3v) is 6.79. The van der Waals surface area contributed by atoms with Crippen LogP contribution in [0.5, 0.6) is 5.75 Å². The molecule has 1 saturated heterocycles. The summed E-state index contributed by atoms with van der Waals surface area (Å²) in [5.74, 6) is 0.889. The molecule has 1 aliphatic heterocycles. The summed E-state index contributed by atoms with van der Waals surface area (Å²) in [5, 5.41) is 6.42. The quantitative estimate of drug-likeness (QED) is 0.544. The van der Waals surface area contributed by atoms with Crippen LogP contribution < -0.4 is 15.2 Å². The molecule has 1 atom stereocenters. The molecule has 2 heterocycles. The largest absolute Gasteiger partial charge is 0.598 e. The molecule has 162 valence electrons. The van der Waals surface area contributed by atoms with Gasteiger partial charge in [-0.15, -0.1) is 4.31 Å². The molecule has 0 aliphatic carbocycles. The first-order valence-electron chi connectivity index (χ1n) is 10.4. The van der Waals surface area contributed by atoms with Crippen molar-refractivity contribution < 1.29 is 9.29 Å². The summed E-state index contributed by atoms with van der Waals surface area (Å²) in [5.41, 5.74) is 2.52. The number of H-pyrrole nitrogens is 1. The summed E-state index contributed by atoms with van der Waals surface area (Å²) in [6.07, 6.45) is 2.42. The highest BCUT2D eigenvalue weighted by Gasteiger charge is 2.27. The minimum Gasteiger partial charge on any atom is -0.598 e. The van der Waals surface area contributed by atoms with E-state index in [2.05, 4.69) is 27.2 Å². The summed E-state index contributed by atoms with van der Waals surface area (Å²) >= 11 is -1.02. The van der Waals surface area contributed by atoms with Gasteiger partial charge in [-0.2, -0.15) is 5.10 Å². The molecule has 1 unspecified atom stereocenters. The van der Waals surface area contributed by atoms with Crippen LogP contribution in [0.2, 0.25) is 0 Å². The molecule has 0 radical (unpaired) electrons. The first kappa shape index (κ1) is 21.4. The smallest absolute Gasteiger partial charge is 0.308 e. The van der Waals surface area contributed by atoms with E-state index in [9.17, 15) is 9.35 Å². The van der Waals surface area contributed by atoms with Gasteiger partial charge in [-0.1, -0.05) is 60.7 Å². The second kappa shape index (κ2) is 10.5. The monoisotopic (exact) mass is 438 g/mol. The van der Waals surface area contributed by atoms with Crippen molar-refractivity contribution in [3.05, 3.63) is 88.3 Å². The van der Waals surface area contributed by atoms with Crippen molar-refractivity contribution >= 4 is 17.0 Å². The normalized spacial score (nSPS) is 15.6. The summed E-state index contributed by atoms with van der Waals surface area (Å²) in [6, 6.07) is 19.9. The van der Waals surface area contributed by atoms with Crippen LogP contribution in [-0.4, -0.2) is 51.0 Å². The van der Waals surface area contributed by atoms with Crippen LogP contribution in [0.3, 0.4) is 0 Å². The molecular formula is C23H26N4O3S. The third-order valence-electron chi connectivity index (χ3n) is 5.29. The fourth-order valence-electron chi connectivity index (χ4n) is 3.58. The number of benzene rings is 2. The third kappa shape index (κ3) is 5.66. The van der Waals surface area contributed by atoms with Gasteiger partial charge in [0.2, 0.25) is 5.75 Å². The van der Waals surface area contributed by atoms with E-state index < -0.39 is 11.4 Å². The fraction of sp³-hybridized carbons (Fsp3) is 0.304. The zero-order chi connectivity index (χ0) is 21.5. The standard InChI is InChI=1S/C23H26N4O3S/c28-23-22(30-18-20-9-5-2-6-10-20)21(17-24-25-23)26-12-14-27(15-13-26)31(29)16-11-19-7-3-1-4-8-19/h1-10,17H,11-16,18H2,(H,25,28). The van der Waals surface area contributed by atoms with Crippen molar-refractivity contribution in [1.29, 1.82) is 0 Å². The van der Waals surface area contributed by atoms with Gasteiger partial charge in [-0.25, -0.2) is 5.10 Å². The molecule has 0 spiro atoms. The molecule has 0 bridgehead atoms. The zero-order valence-electron chi connectivity index (χ0n) is 17.3. The first-order chi connectivity index (χ1) is 15.2. The van der Waals surface area contributed by atoms with Crippen LogP contribution in [0.15, 0.2) is 71.7 Å². The molecule has 2 aromatic carbocycles. The van der Waals surface area contributed by atoms with Gasteiger partial charge in [0.1, 0.15) is 18.0 Å². The number of piperazine rings is 1. The SMILES string of the molecule is O=c1[nH]ncc(N2CCN([S+]([O-])CCc3ccccc3)CC2)c1OCc1ccccc1. The van der Waals surface area contributed by atoms with E-state index >= 15 is 0 Å². The van der Waals surface area contributed by atoms with Crippen LogP contribution in [-0.2, 0) is 24.4 Å². The van der Waals surface area contributed by atoms with Gasteiger partial charge in [0.15, 0.2) is 0 Å². The minimum atomic E-state index is -1.02. The molecule has 31 heavy (non-hydrogen) atoms. The van der Waals surface area contributed by atoms with Crippen molar-refractivity contribution in [3.63, 3.8) is 0 Å². The number of anilines is 1. The Kier molecular flexibility index (Phi) is 7.24. The Morgan fingerprint density at radius 1 is 0.968 bits per heavy atom. The molecule has 7 nitrogen and oxygen atoms in total. The summed E-state index contributed by atoms with van der Waals surface area (Å²) in [4.78, 5) is 14.4. The molecular weight excluding hydrogens is 412 g/mol. The lowest BCUT2D eigenvalue weighted by atomic mass is 10.2. The van der Waals surface area contributed by atoms with Crippen LogP contribution >= 0.6 is 0 Å². The van der Waals surface area contributed by atoms with Gasteiger partial charge in [-0.3, -0.25) is 4.79 Å². The number of nitrogens with one attached hydrogen (secondary N) is 1. The molecule has 1 aromatic heterocycles. The van der Waals surface area contributed by atoms with Crippen LogP contribution in [0.4, 0.5) is 5.69 Å². The predicted molar refractivity (Wildman–Crippen MR) is 123 cm³/mol. The topological polar surface area (TPSA) is 84.5 Å². The summed E-state index contributed by atoms with van der Waals surface area (Å²) in [7, 11) is 0. The van der Waals surface area contributed by atoms with Gasteiger partial charge in [0.05, 0.1) is 19.3 Å². The lowest BCUT2D eigenvalue weighted by Gasteiger charge is -2.35. The maximum absolute atomic E-state index is 12.7. The van der Waals surface area contributed by atoms with Crippen LogP contribution in [0.25, 0.3) is 0 Å². The highest BCUT2D eigenvalue weighted by atomic mass is 32.2. The number of hydrogen-bond donors (Lipinski definition) is 1. The van der Waals surface area contributed by atoms with E-state index in [1.54, 1.807) is 6.20 Å². The Balaban J connectivity index is 1.35. The Labute approximate surface area is 185 Å². The minimum absolute atomic E-state index is 0.275. The first-order valence-corrected chi connectivity index (χ1v) is 11.6. The second-order valence-electron chi connectivity index (χ2n) is 7.37.